The van der Waals surface area contributed by atoms with Gasteiger partial charge in [-0.3, -0.25) is 19.7 Å². The fourth-order valence-corrected chi connectivity index (χ4v) is 2.87. The molecule has 0 saturated heterocycles. The normalized spacial score (nSPS) is 10.2. The molecule has 3 rings (SSSR count). The molecular weight excluding hydrogens is 352 g/mol. The highest BCUT2D eigenvalue weighted by atomic mass is 32.1. The van der Waals surface area contributed by atoms with Crippen LogP contribution in [0.3, 0.4) is 0 Å². The number of nitrogens with zero attached hydrogens (tertiary/aromatic N) is 1. The number of hydrogen-bond acceptors (Lipinski definition) is 5. The van der Waals surface area contributed by atoms with Crippen molar-refractivity contribution >= 4 is 39.9 Å². The molecule has 0 radical (unpaired) electrons. The summed E-state index contributed by atoms with van der Waals surface area (Å²) in [6, 6.07) is 15.1. The molecule has 1 heterocycles. The lowest BCUT2D eigenvalue weighted by molar-refractivity contribution is 0.0997. The third-order valence-corrected chi connectivity index (χ3v) is 4.19. The summed E-state index contributed by atoms with van der Waals surface area (Å²) in [5, 5.41) is 7.05. The van der Waals surface area contributed by atoms with Gasteiger partial charge < -0.3 is 11.1 Å². The van der Waals surface area contributed by atoms with Crippen molar-refractivity contribution in [2.24, 2.45) is 5.73 Å². The number of para-hydroxylation sites is 1. The maximum absolute atomic E-state index is 12.3. The summed E-state index contributed by atoms with van der Waals surface area (Å²) in [5.41, 5.74) is 6.41. The molecule has 4 N–H and O–H groups in total. The zero-order chi connectivity index (χ0) is 18.5. The Hall–Kier alpha value is -3.52. The van der Waals surface area contributed by atoms with Gasteiger partial charge in [0.25, 0.3) is 17.7 Å². The smallest absolute Gasteiger partial charge is 0.275 e. The summed E-state index contributed by atoms with van der Waals surface area (Å²) in [5.74, 6) is -1.46. The molecule has 0 aliphatic rings. The molecule has 0 bridgehead atoms. The van der Waals surface area contributed by atoms with Crippen LogP contribution in [0.5, 0.6) is 0 Å². The highest BCUT2D eigenvalue weighted by Gasteiger charge is 2.16. The molecule has 26 heavy (non-hydrogen) atoms. The molecule has 0 fully saturated rings. The molecule has 1 aromatic heterocycles. The largest absolute Gasteiger partial charge is 0.366 e. The Labute approximate surface area is 152 Å². The number of aromatic nitrogens is 1. The lowest BCUT2D eigenvalue weighted by atomic mass is 10.1. The minimum absolute atomic E-state index is 0.123. The second kappa shape index (κ2) is 7.58. The fourth-order valence-electron chi connectivity index (χ4n) is 2.19. The van der Waals surface area contributed by atoms with Crippen LogP contribution in [0.4, 0.5) is 10.8 Å². The number of thiazole rings is 1. The van der Waals surface area contributed by atoms with Crippen molar-refractivity contribution in [3.8, 4) is 0 Å². The van der Waals surface area contributed by atoms with Gasteiger partial charge in [0.2, 0.25) is 0 Å². The van der Waals surface area contributed by atoms with Gasteiger partial charge in [0.05, 0.1) is 11.3 Å². The fraction of sp³-hybridized carbons (Fsp3) is 0. The molecule has 8 heteroatoms. The molecule has 0 aliphatic heterocycles. The third kappa shape index (κ3) is 3.93. The molecule has 3 amide bonds. The Kier molecular flexibility index (Phi) is 5.04. The second-order valence-corrected chi connectivity index (χ2v) is 6.08. The quantitative estimate of drug-likeness (QED) is 0.644. The molecule has 3 aromatic rings. The molecular formula is C18H14N4O3S. The van der Waals surface area contributed by atoms with Gasteiger partial charge in [0.1, 0.15) is 5.69 Å². The first-order chi connectivity index (χ1) is 12.5. The number of anilines is 2. The van der Waals surface area contributed by atoms with Crippen LogP contribution in [0.25, 0.3) is 0 Å². The van der Waals surface area contributed by atoms with Gasteiger partial charge in [-0.1, -0.05) is 30.3 Å². The summed E-state index contributed by atoms with van der Waals surface area (Å²) >= 11 is 1.13. The van der Waals surface area contributed by atoms with Crippen molar-refractivity contribution in [2.45, 2.75) is 0 Å². The first-order valence-corrected chi connectivity index (χ1v) is 8.44. The van der Waals surface area contributed by atoms with E-state index in [1.165, 1.54) is 11.4 Å². The zero-order valence-corrected chi connectivity index (χ0v) is 14.2. The Morgan fingerprint density at radius 2 is 1.58 bits per heavy atom. The standard InChI is InChI=1S/C18H14N4O3S/c19-15(23)12-8-4-5-9-13(12)20-17(25)14-10-26-18(21-14)22-16(24)11-6-2-1-3-7-11/h1-10H,(H2,19,23)(H,20,25)(H,21,22,24). The van der Waals surface area contributed by atoms with Crippen LogP contribution in [0.2, 0.25) is 0 Å². The van der Waals surface area contributed by atoms with Gasteiger partial charge in [-0.05, 0) is 24.3 Å². The minimum Gasteiger partial charge on any atom is -0.366 e. The van der Waals surface area contributed by atoms with Crippen LogP contribution < -0.4 is 16.4 Å². The van der Waals surface area contributed by atoms with E-state index in [0.717, 1.165) is 11.3 Å². The average Bonchev–Trinajstić information content (AvgIpc) is 3.11. The van der Waals surface area contributed by atoms with E-state index < -0.39 is 11.8 Å². The maximum atomic E-state index is 12.3. The van der Waals surface area contributed by atoms with E-state index in [2.05, 4.69) is 15.6 Å². The molecule has 0 spiro atoms. The summed E-state index contributed by atoms with van der Waals surface area (Å²) in [6.07, 6.45) is 0. The third-order valence-electron chi connectivity index (χ3n) is 3.43. The van der Waals surface area contributed by atoms with Crippen molar-refractivity contribution in [3.63, 3.8) is 0 Å². The van der Waals surface area contributed by atoms with Crippen molar-refractivity contribution in [3.05, 3.63) is 76.8 Å². The van der Waals surface area contributed by atoms with Crippen LogP contribution in [0, 0.1) is 0 Å². The van der Waals surface area contributed by atoms with Gasteiger partial charge in [-0.15, -0.1) is 11.3 Å². The van der Waals surface area contributed by atoms with E-state index in [1.807, 2.05) is 6.07 Å². The summed E-state index contributed by atoms with van der Waals surface area (Å²) in [7, 11) is 0. The van der Waals surface area contributed by atoms with Gasteiger partial charge in [0, 0.05) is 10.9 Å². The highest BCUT2D eigenvalue weighted by Crippen LogP contribution is 2.19. The minimum atomic E-state index is -0.644. The van der Waals surface area contributed by atoms with Crippen LogP contribution in [0.15, 0.2) is 60.0 Å². The monoisotopic (exact) mass is 366 g/mol. The Bertz CT molecular complexity index is 969. The Morgan fingerprint density at radius 1 is 0.885 bits per heavy atom. The van der Waals surface area contributed by atoms with Crippen molar-refractivity contribution < 1.29 is 14.4 Å². The van der Waals surface area contributed by atoms with E-state index in [9.17, 15) is 14.4 Å². The van der Waals surface area contributed by atoms with Gasteiger partial charge in [0.15, 0.2) is 5.13 Å². The molecule has 7 nitrogen and oxygen atoms in total. The first kappa shape index (κ1) is 17.3. The number of benzene rings is 2. The van der Waals surface area contributed by atoms with Gasteiger partial charge in [-0.2, -0.15) is 0 Å². The number of carbonyl (C=O) groups excluding carboxylic acids is 3. The number of amides is 3. The number of rotatable bonds is 5. The second-order valence-electron chi connectivity index (χ2n) is 5.22. The van der Waals surface area contributed by atoms with Crippen molar-refractivity contribution in [2.75, 3.05) is 10.6 Å². The van der Waals surface area contributed by atoms with E-state index in [4.69, 9.17) is 5.73 Å². The number of primary amides is 1. The van der Waals surface area contributed by atoms with Crippen LogP contribution in [0.1, 0.15) is 31.2 Å². The van der Waals surface area contributed by atoms with E-state index in [-0.39, 0.29) is 17.2 Å². The van der Waals surface area contributed by atoms with Crippen molar-refractivity contribution in [1.29, 1.82) is 0 Å². The van der Waals surface area contributed by atoms with Crippen LogP contribution in [-0.4, -0.2) is 22.7 Å². The SMILES string of the molecule is NC(=O)c1ccccc1NC(=O)c1csc(NC(=O)c2ccccc2)n1. The van der Waals surface area contributed by atoms with Gasteiger partial charge in [-0.25, -0.2) is 4.98 Å². The van der Waals surface area contributed by atoms with E-state index in [0.29, 0.717) is 16.4 Å². The van der Waals surface area contributed by atoms with Gasteiger partial charge >= 0.3 is 0 Å². The summed E-state index contributed by atoms with van der Waals surface area (Å²) in [4.78, 5) is 39.9. The molecule has 0 saturated carbocycles. The van der Waals surface area contributed by atoms with E-state index in [1.54, 1.807) is 42.5 Å². The highest BCUT2D eigenvalue weighted by molar-refractivity contribution is 7.14. The summed E-state index contributed by atoms with van der Waals surface area (Å²) < 4.78 is 0. The van der Waals surface area contributed by atoms with E-state index >= 15 is 0 Å². The number of nitrogens with one attached hydrogen (secondary N) is 2. The maximum Gasteiger partial charge on any atom is 0.275 e. The number of carbonyl (C=O) groups is 3. The topological polar surface area (TPSA) is 114 Å². The predicted molar refractivity (Wildman–Crippen MR) is 99.4 cm³/mol. The molecule has 0 aliphatic carbocycles. The Morgan fingerprint density at radius 3 is 2.31 bits per heavy atom. The molecule has 130 valence electrons. The first-order valence-electron chi connectivity index (χ1n) is 7.56. The Balaban J connectivity index is 1.71. The zero-order valence-electron chi connectivity index (χ0n) is 13.4. The van der Waals surface area contributed by atoms with Crippen LogP contribution >= 0.6 is 11.3 Å². The lowest BCUT2D eigenvalue weighted by Gasteiger charge is -2.07. The van der Waals surface area contributed by atoms with Crippen molar-refractivity contribution in [1.82, 2.24) is 4.98 Å². The molecule has 0 unspecified atom stereocenters. The predicted octanol–water partition coefficient (Wildman–Crippen LogP) is 2.75. The lowest BCUT2D eigenvalue weighted by Crippen LogP contribution is -2.18. The average molecular weight is 366 g/mol. The number of nitrogens with two attached hydrogens (primary N) is 1. The summed E-state index contributed by atoms with van der Waals surface area (Å²) in [6.45, 7) is 0. The van der Waals surface area contributed by atoms with Crippen LogP contribution in [-0.2, 0) is 0 Å². The molecule has 0 atom stereocenters. The number of hydrogen-bond donors (Lipinski definition) is 3. The molecule has 2 aromatic carbocycles.